The van der Waals surface area contributed by atoms with Gasteiger partial charge in [0.15, 0.2) is 0 Å². The van der Waals surface area contributed by atoms with Crippen molar-refractivity contribution in [3.63, 3.8) is 0 Å². The third-order valence-electron chi connectivity index (χ3n) is 9.08. The Morgan fingerprint density at radius 1 is 0.468 bits per heavy atom. The summed E-state index contributed by atoms with van der Waals surface area (Å²) >= 11 is 9.31. The Labute approximate surface area is 306 Å². The molecule has 284 valence electrons. The number of rotatable bonds is 40. The first kappa shape index (κ1) is 47.8. The van der Waals surface area contributed by atoms with E-state index in [0.29, 0.717) is 18.5 Å². The van der Waals surface area contributed by atoms with E-state index >= 15 is 0 Å². The van der Waals surface area contributed by atoms with Crippen molar-refractivity contribution in [1.82, 2.24) is 0 Å². The Morgan fingerprint density at radius 2 is 0.766 bits per heavy atom. The number of hydrogen-bond donors (Lipinski definition) is 0. The van der Waals surface area contributed by atoms with Gasteiger partial charge < -0.3 is 9.47 Å². The molecule has 0 amide bonds. The largest absolute Gasteiger partial charge is 0.424 e. The predicted octanol–water partition coefficient (Wildman–Crippen LogP) is 14.8. The third kappa shape index (κ3) is 36.4. The van der Waals surface area contributed by atoms with Crippen LogP contribution in [0.1, 0.15) is 201 Å². The molecular weight excluding hydrogens is 695 g/mol. The van der Waals surface area contributed by atoms with Crippen molar-refractivity contribution in [2.45, 2.75) is 201 Å². The second-order valence-corrected chi connectivity index (χ2v) is 17.7. The van der Waals surface area contributed by atoms with Gasteiger partial charge in [0.05, 0.1) is 26.4 Å². The van der Waals surface area contributed by atoms with Gasteiger partial charge in [-0.25, -0.2) is 4.57 Å². The summed E-state index contributed by atoms with van der Waals surface area (Å²) < 4.78 is 35.5. The molecule has 0 aliphatic carbocycles. The molecule has 0 aromatic rings. The standard InChI is InChI=1S/C39H79BrClO5P/c1-4-6-8-10-12-14-16-18-20-22-24-26-28-30-33-43-36-39(3,38-46-47(41,42)45-35-32-40)37-44-34-31-29-27-25-23-21-19-17-15-13-11-9-7-5-2/h4-38H2,1-3H3. The maximum absolute atomic E-state index is 12.5. The van der Waals surface area contributed by atoms with Crippen molar-refractivity contribution in [3.8, 4) is 0 Å². The first-order chi connectivity index (χ1) is 22.9. The van der Waals surface area contributed by atoms with Crippen LogP contribution >= 0.6 is 34.1 Å². The molecule has 0 aromatic carbocycles. The molecule has 0 spiro atoms. The van der Waals surface area contributed by atoms with Crippen molar-refractivity contribution in [1.29, 1.82) is 0 Å². The zero-order valence-electron chi connectivity index (χ0n) is 31.5. The number of hydrogen-bond acceptors (Lipinski definition) is 5. The fourth-order valence-electron chi connectivity index (χ4n) is 5.97. The number of halogens is 2. The average molecular weight is 774 g/mol. The van der Waals surface area contributed by atoms with Crippen molar-refractivity contribution < 1.29 is 23.1 Å². The maximum atomic E-state index is 12.5. The highest BCUT2D eigenvalue weighted by atomic mass is 79.9. The fraction of sp³-hybridized carbons (Fsp3) is 1.00. The smallest absolute Gasteiger partial charge is 0.381 e. The highest BCUT2D eigenvalue weighted by molar-refractivity contribution is 9.09. The number of unbranched alkanes of at least 4 members (excludes halogenated alkanes) is 26. The van der Waals surface area contributed by atoms with E-state index in [1.54, 1.807) is 0 Å². The Morgan fingerprint density at radius 3 is 1.06 bits per heavy atom. The van der Waals surface area contributed by atoms with Crippen LogP contribution < -0.4 is 0 Å². The minimum Gasteiger partial charge on any atom is -0.381 e. The summed E-state index contributed by atoms with van der Waals surface area (Å²) in [6.45, 7) is 5.84. The number of ether oxygens (including phenoxy) is 2. The van der Waals surface area contributed by atoms with E-state index in [1.807, 2.05) is 0 Å². The molecule has 0 aliphatic heterocycles. The van der Waals surface area contributed by atoms with Gasteiger partial charge in [-0.2, -0.15) is 0 Å². The summed E-state index contributed by atoms with van der Waals surface area (Å²) in [5.74, 6) is 0. The van der Waals surface area contributed by atoms with E-state index in [2.05, 4.69) is 36.7 Å². The van der Waals surface area contributed by atoms with Gasteiger partial charge >= 0.3 is 6.95 Å². The van der Waals surface area contributed by atoms with Crippen LogP contribution in [0.4, 0.5) is 0 Å². The lowest BCUT2D eigenvalue weighted by Crippen LogP contribution is -2.34. The maximum Gasteiger partial charge on any atom is 0.424 e. The van der Waals surface area contributed by atoms with E-state index in [4.69, 9.17) is 29.8 Å². The summed E-state index contributed by atoms with van der Waals surface area (Å²) in [5.41, 5.74) is -0.436. The molecule has 0 radical (unpaired) electrons. The van der Waals surface area contributed by atoms with Gasteiger partial charge in [-0.15, -0.1) is 0 Å². The summed E-state index contributed by atoms with van der Waals surface area (Å²) in [7, 11) is 0. The molecule has 0 saturated heterocycles. The minimum absolute atomic E-state index is 0.174. The molecule has 0 aliphatic rings. The van der Waals surface area contributed by atoms with Crippen molar-refractivity contribution in [2.75, 3.05) is 45.0 Å². The molecule has 0 heterocycles. The lowest BCUT2D eigenvalue weighted by atomic mass is 9.94. The highest BCUT2D eigenvalue weighted by Gasteiger charge is 2.31. The second kappa shape index (κ2) is 36.6. The first-order valence-corrected chi connectivity index (χ1v) is 23.8. The second-order valence-electron chi connectivity index (χ2n) is 14.3. The molecule has 47 heavy (non-hydrogen) atoms. The summed E-state index contributed by atoms with van der Waals surface area (Å²) in [6.07, 6.45) is 37.7. The molecule has 0 aromatic heterocycles. The fourth-order valence-corrected chi connectivity index (χ4v) is 7.59. The van der Waals surface area contributed by atoms with Crippen LogP contribution in [0.5, 0.6) is 0 Å². The molecule has 0 saturated carbocycles. The first-order valence-electron chi connectivity index (χ1n) is 20.2. The Hall–Kier alpha value is 0.840. The molecule has 8 heteroatoms. The predicted molar refractivity (Wildman–Crippen MR) is 210 cm³/mol. The number of alkyl halides is 1. The zero-order chi connectivity index (χ0) is 34.6. The van der Waals surface area contributed by atoms with Crippen LogP contribution in [0.3, 0.4) is 0 Å². The van der Waals surface area contributed by atoms with E-state index in [9.17, 15) is 4.57 Å². The third-order valence-corrected chi connectivity index (χ3v) is 10.9. The van der Waals surface area contributed by atoms with Crippen molar-refractivity contribution in [3.05, 3.63) is 0 Å². The van der Waals surface area contributed by atoms with Crippen LogP contribution in [0.25, 0.3) is 0 Å². The highest BCUT2D eigenvalue weighted by Crippen LogP contribution is 2.54. The molecule has 1 unspecified atom stereocenters. The van der Waals surface area contributed by atoms with E-state index in [1.165, 1.54) is 167 Å². The summed E-state index contributed by atoms with van der Waals surface area (Å²) in [4.78, 5) is 0. The minimum atomic E-state index is -3.63. The zero-order valence-corrected chi connectivity index (χ0v) is 34.7. The quantitative estimate of drug-likeness (QED) is 0.0353. The molecule has 1 atom stereocenters. The van der Waals surface area contributed by atoms with Gasteiger partial charge in [-0.3, -0.25) is 9.05 Å². The summed E-state index contributed by atoms with van der Waals surface area (Å²) in [5, 5.41) is 0.551. The monoisotopic (exact) mass is 772 g/mol. The Bertz CT molecular complexity index is 635. The molecule has 0 N–H and O–H groups in total. The molecule has 0 rings (SSSR count). The molecule has 5 nitrogen and oxygen atoms in total. The normalized spacial score (nSPS) is 13.4. The Balaban J connectivity index is 4.03. The van der Waals surface area contributed by atoms with Crippen LogP contribution in [0.15, 0.2) is 0 Å². The van der Waals surface area contributed by atoms with Gasteiger partial charge in [-0.05, 0) is 12.8 Å². The van der Waals surface area contributed by atoms with Crippen LogP contribution in [-0.2, 0) is 23.1 Å². The van der Waals surface area contributed by atoms with Gasteiger partial charge in [-0.1, -0.05) is 204 Å². The van der Waals surface area contributed by atoms with E-state index in [0.717, 1.165) is 26.1 Å². The van der Waals surface area contributed by atoms with Gasteiger partial charge in [0.2, 0.25) is 0 Å². The van der Waals surface area contributed by atoms with E-state index < -0.39 is 12.4 Å². The molecular formula is C39H79BrClO5P. The van der Waals surface area contributed by atoms with Gasteiger partial charge in [0, 0.05) is 35.2 Å². The average Bonchev–Trinajstić information content (AvgIpc) is 3.06. The lowest BCUT2D eigenvalue weighted by Gasteiger charge is -2.29. The van der Waals surface area contributed by atoms with Gasteiger partial charge in [0.1, 0.15) is 0 Å². The van der Waals surface area contributed by atoms with E-state index in [-0.39, 0.29) is 13.2 Å². The van der Waals surface area contributed by atoms with Gasteiger partial charge in [0.25, 0.3) is 0 Å². The molecule has 0 bridgehead atoms. The molecule has 0 fully saturated rings. The topological polar surface area (TPSA) is 54.0 Å². The van der Waals surface area contributed by atoms with Crippen LogP contribution in [0, 0.1) is 5.41 Å². The van der Waals surface area contributed by atoms with Crippen molar-refractivity contribution >= 4 is 34.1 Å². The van der Waals surface area contributed by atoms with Crippen molar-refractivity contribution in [2.24, 2.45) is 5.41 Å². The SMILES string of the molecule is CCCCCCCCCCCCCCCCOCC(C)(COCCCCCCCCCCCCCCCC)COP(=O)(Cl)OCCBr. The summed E-state index contributed by atoms with van der Waals surface area (Å²) in [6, 6.07) is 0. The van der Waals surface area contributed by atoms with Crippen LogP contribution in [0.2, 0.25) is 0 Å². The van der Waals surface area contributed by atoms with Crippen LogP contribution in [-0.4, -0.2) is 45.0 Å². The lowest BCUT2D eigenvalue weighted by molar-refractivity contribution is -0.0380. The Kier molecular flexibility index (Phi) is 37.3.